The first-order chi connectivity index (χ1) is 12.9. The van der Waals surface area contributed by atoms with Gasteiger partial charge in [-0.25, -0.2) is 0 Å². The number of aromatic nitrogens is 1. The van der Waals surface area contributed by atoms with Gasteiger partial charge in [0.05, 0.1) is 6.42 Å². The molecule has 2 N–H and O–H groups in total. The molecule has 0 radical (unpaired) electrons. The zero-order chi connectivity index (χ0) is 19.6. The second kappa shape index (κ2) is 7.57. The van der Waals surface area contributed by atoms with Crippen molar-refractivity contribution in [3.63, 3.8) is 0 Å². The Labute approximate surface area is 156 Å². The number of nitrogens with zero attached hydrogens (tertiary/aromatic N) is 1. The third-order valence-corrected chi connectivity index (χ3v) is 4.65. The summed E-state index contributed by atoms with van der Waals surface area (Å²) >= 11 is 0. The number of carbonyl (C=O) groups excluding carboxylic acids is 3. The van der Waals surface area contributed by atoms with Crippen molar-refractivity contribution >= 4 is 17.7 Å². The van der Waals surface area contributed by atoms with Crippen molar-refractivity contribution in [2.24, 2.45) is 0 Å². The lowest BCUT2D eigenvalue weighted by atomic mass is 9.98. The Kier molecular flexibility index (Phi) is 5.21. The Morgan fingerprint density at radius 3 is 2.67 bits per heavy atom. The molecule has 3 amide bonds. The molecule has 2 heterocycles. The van der Waals surface area contributed by atoms with Gasteiger partial charge in [0.25, 0.3) is 11.5 Å². The minimum atomic E-state index is -0.375. The van der Waals surface area contributed by atoms with E-state index in [0.717, 1.165) is 16.2 Å². The number of H-pyrrole nitrogens is 1. The summed E-state index contributed by atoms with van der Waals surface area (Å²) in [6.45, 7) is 3.72. The molecule has 3 rings (SSSR count). The number of amides is 3. The molecule has 0 spiro atoms. The maximum atomic E-state index is 12.5. The Morgan fingerprint density at radius 1 is 1.19 bits per heavy atom. The van der Waals surface area contributed by atoms with Gasteiger partial charge in [0.2, 0.25) is 11.8 Å². The second-order valence-electron chi connectivity index (χ2n) is 6.65. The van der Waals surface area contributed by atoms with Gasteiger partial charge >= 0.3 is 0 Å². The van der Waals surface area contributed by atoms with Crippen LogP contribution in [0.3, 0.4) is 0 Å². The predicted octanol–water partition coefficient (Wildman–Crippen LogP) is 1.22. The minimum absolute atomic E-state index is 0.0114. The van der Waals surface area contributed by atoms with Gasteiger partial charge in [-0.2, -0.15) is 0 Å². The van der Waals surface area contributed by atoms with Crippen molar-refractivity contribution < 1.29 is 14.4 Å². The summed E-state index contributed by atoms with van der Waals surface area (Å²) < 4.78 is 0. The van der Waals surface area contributed by atoms with E-state index >= 15 is 0 Å². The lowest BCUT2D eigenvalue weighted by Crippen LogP contribution is -2.44. The van der Waals surface area contributed by atoms with Crippen molar-refractivity contribution in [3.8, 4) is 0 Å². The molecule has 0 saturated carbocycles. The highest BCUT2D eigenvalue weighted by Gasteiger charge is 2.30. The standard InChI is InChI=1S/C20H21N3O4/c1-12-9-13(2)22-19(26)16(12)11-21-17(24)7-8-23-18(25)10-14-5-3-4-6-15(14)20(23)27/h3-6,9H,7-8,10-11H2,1-2H3,(H,21,24)(H,22,26). The van der Waals surface area contributed by atoms with E-state index in [4.69, 9.17) is 0 Å². The average molecular weight is 367 g/mol. The highest BCUT2D eigenvalue weighted by molar-refractivity contribution is 6.09. The average Bonchev–Trinajstić information content (AvgIpc) is 2.60. The van der Waals surface area contributed by atoms with Crippen LogP contribution in [0.5, 0.6) is 0 Å². The van der Waals surface area contributed by atoms with Crippen molar-refractivity contribution in [2.45, 2.75) is 33.2 Å². The molecule has 0 saturated heterocycles. The van der Waals surface area contributed by atoms with Gasteiger partial charge < -0.3 is 10.3 Å². The highest BCUT2D eigenvalue weighted by Crippen LogP contribution is 2.19. The number of hydrogen-bond donors (Lipinski definition) is 2. The van der Waals surface area contributed by atoms with Crippen LogP contribution in [0.15, 0.2) is 35.1 Å². The quantitative estimate of drug-likeness (QED) is 0.776. The van der Waals surface area contributed by atoms with Crippen LogP contribution in [-0.4, -0.2) is 34.2 Å². The van der Waals surface area contributed by atoms with Crippen LogP contribution in [0.1, 0.15) is 39.2 Å². The fourth-order valence-corrected chi connectivity index (χ4v) is 3.22. The third-order valence-electron chi connectivity index (χ3n) is 4.65. The van der Waals surface area contributed by atoms with Gasteiger partial charge in [-0.3, -0.25) is 24.1 Å². The first-order valence-electron chi connectivity index (χ1n) is 8.75. The zero-order valence-electron chi connectivity index (χ0n) is 15.3. The first kappa shape index (κ1) is 18.6. The number of nitrogens with one attached hydrogen (secondary N) is 2. The molecular weight excluding hydrogens is 346 g/mol. The van der Waals surface area contributed by atoms with E-state index in [-0.39, 0.29) is 49.2 Å². The number of carbonyl (C=O) groups is 3. The van der Waals surface area contributed by atoms with Crippen molar-refractivity contribution in [3.05, 3.63) is 68.6 Å². The Balaban J connectivity index is 1.59. The van der Waals surface area contributed by atoms with Gasteiger partial charge in [0.15, 0.2) is 0 Å². The normalized spacial score (nSPS) is 13.5. The largest absolute Gasteiger partial charge is 0.352 e. The van der Waals surface area contributed by atoms with E-state index in [9.17, 15) is 19.2 Å². The van der Waals surface area contributed by atoms with Crippen LogP contribution >= 0.6 is 0 Å². The molecule has 7 heteroatoms. The van der Waals surface area contributed by atoms with E-state index in [2.05, 4.69) is 10.3 Å². The van der Waals surface area contributed by atoms with Crippen LogP contribution in [-0.2, 0) is 22.6 Å². The molecule has 0 atom stereocenters. The van der Waals surface area contributed by atoms with E-state index < -0.39 is 0 Å². The molecule has 1 aliphatic rings. The molecule has 1 aromatic heterocycles. The van der Waals surface area contributed by atoms with Crippen LogP contribution in [0.4, 0.5) is 0 Å². The minimum Gasteiger partial charge on any atom is -0.352 e. The molecule has 2 aromatic rings. The van der Waals surface area contributed by atoms with Gasteiger partial charge in [-0.15, -0.1) is 0 Å². The van der Waals surface area contributed by atoms with Crippen LogP contribution in [0, 0.1) is 13.8 Å². The number of hydrogen-bond acceptors (Lipinski definition) is 4. The third kappa shape index (κ3) is 3.97. The topological polar surface area (TPSA) is 99.3 Å². The maximum absolute atomic E-state index is 12.5. The highest BCUT2D eigenvalue weighted by atomic mass is 16.2. The summed E-state index contributed by atoms with van der Waals surface area (Å²) in [5.41, 5.74) is 3.03. The fourth-order valence-electron chi connectivity index (χ4n) is 3.22. The Hall–Kier alpha value is -3.22. The zero-order valence-corrected chi connectivity index (χ0v) is 15.3. The summed E-state index contributed by atoms with van der Waals surface area (Å²) in [7, 11) is 0. The van der Waals surface area contributed by atoms with Crippen LogP contribution < -0.4 is 10.9 Å². The number of pyridine rings is 1. The van der Waals surface area contributed by atoms with Crippen molar-refractivity contribution in [2.75, 3.05) is 6.54 Å². The monoisotopic (exact) mass is 367 g/mol. The lowest BCUT2D eigenvalue weighted by Gasteiger charge is -2.26. The smallest absolute Gasteiger partial charge is 0.260 e. The number of aromatic amines is 1. The molecule has 0 fully saturated rings. The lowest BCUT2D eigenvalue weighted by molar-refractivity contribution is -0.129. The molecular formula is C20H21N3O4. The molecule has 7 nitrogen and oxygen atoms in total. The van der Waals surface area contributed by atoms with E-state index in [1.807, 2.05) is 13.0 Å². The summed E-state index contributed by atoms with van der Waals surface area (Å²) in [6.07, 6.45) is 0.143. The molecule has 140 valence electrons. The molecule has 0 bridgehead atoms. The van der Waals surface area contributed by atoms with Gasteiger partial charge in [-0.05, 0) is 37.1 Å². The fraction of sp³-hybridized carbons (Fsp3) is 0.300. The molecule has 1 aliphatic heterocycles. The second-order valence-corrected chi connectivity index (χ2v) is 6.65. The van der Waals surface area contributed by atoms with Crippen molar-refractivity contribution in [1.82, 2.24) is 15.2 Å². The summed E-state index contributed by atoms with van der Waals surface area (Å²) in [4.78, 5) is 52.6. The van der Waals surface area contributed by atoms with E-state index in [1.165, 1.54) is 0 Å². The SMILES string of the molecule is Cc1cc(C)c(CNC(=O)CCN2C(=O)Cc3ccccc3C2=O)c(=O)[nH]1. The van der Waals surface area contributed by atoms with Gasteiger partial charge in [0, 0.05) is 36.3 Å². The molecule has 0 unspecified atom stereocenters. The first-order valence-corrected chi connectivity index (χ1v) is 8.75. The Bertz CT molecular complexity index is 977. The Morgan fingerprint density at radius 2 is 1.93 bits per heavy atom. The molecule has 27 heavy (non-hydrogen) atoms. The van der Waals surface area contributed by atoms with Crippen molar-refractivity contribution in [1.29, 1.82) is 0 Å². The number of imide groups is 1. The summed E-state index contributed by atoms with van der Waals surface area (Å²) in [5.74, 6) is -1.01. The summed E-state index contributed by atoms with van der Waals surface area (Å²) in [6, 6.07) is 8.82. The maximum Gasteiger partial charge on any atom is 0.260 e. The van der Waals surface area contributed by atoms with E-state index in [1.54, 1.807) is 31.2 Å². The van der Waals surface area contributed by atoms with Crippen LogP contribution in [0.25, 0.3) is 0 Å². The van der Waals surface area contributed by atoms with Gasteiger partial charge in [0.1, 0.15) is 0 Å². The number of benzene rings is 1. The summed E-state index contributed by atoms with van der Waals surface area (Å²) in [5, 5.41) is 2.68. The number of aryl methyl sites for hydroxylation is 2. The predicted molar refractivity (Wildman–Crippen MR) is 99.2 cm³/mol. The molecule has 0 aliphatic carbocycles. The van der Waals surface area contributed by atoms with Gasteiger partial charge in [-0.1, -0.05) is 18.2 Å². The van der Waals surface area contributed by atoms with E-state index in [0.29, 0.717) is 16.7 Å². The van der Waals surface area contributed by atoms with Crippen LogP contribution in [0.2, 0.25) is 0 Å². The molecule has 1 aromatic carbocycles. The number of fused-ring (bicyclic) bond motifs is 1. The number of rotatable bonds is 5.